The molecule has 0 aliphatic heterocycles. The minimum Gasteiger partial charge on any atom is -0.482 e. The number of carboxylic acid groups (broad SMARTS) is 1. The molecule has 1 heterocycles. The number of alkyl halides is 3. The summed E-state index contributed by atoms with van der Waals surface area (Å²) in [6.07, 6.45) is -2.68. The SMILES string of the molecule is Cc1cc(CCCc2nn(-c3ccc(C(F)(F)F)cc3)c(=O)n2CCc2ccccc2F)ccc1OCC(=O)O. The van der Waals surface area contributed by atoms with Gasteiger partial charge < -0.3 is 9.84 Å². The Hall–Kier alpha value is -4.41. The zero-order chi connectivity index (χ0) is 28.9. The lowest BCUT2D eigenvalue weighted by Crippen LogP contribution is -2.25. The summed E-state index contributed by atoms with van der Waals surface area (Å²) in [4.78, 5) is 24.0. The zero-order valence-electron chi connectivity index (χ0n) is 21.6. The second-order valence-corrected chi connectivity index (χ2v) is 9.28. The van der Waals surface area contributed by atoms with Gasteiger partial charge in [0.25, 0.3) is 0 Å². The highest BCUT2D eigenvalue weighted by molar-refractivity contribution is 5.68. The zero-order valence-corrected chi connectivity index (χ0v) is 21.6. The van der Waals surface area contributed by atoms with Crippen LogP contribution in [0.15, 0.2) is 71.5 Å². The molecule has 0 amide bonds. The molecule has 4 aromatic rings. The van der Waals surface area contributed by atoms with Crippen LogP contribution in [0.2, 0.25) is 0 Å². The van der Waals surface area contributed by atoms with Gasteiger partial charge in [-0.1, -0.05) is 30.3 Å². The highest BCUT2D eigenvalue weighted by Crippen LogP contribution is 2.29. The van der Waals surface area contributed by atoms with Crippen LogP contribution in [0.3, 0.4) is 0 Å². The highest BCUT2D eigenvalue weighted by atomic mass is 19.4. The van der Waals surface area contributed by atoms with Gasteiger partial charge in [-0.2, -0.15) is 17.9 Å². The Kier molecular flexibility index (Phi) is 8.71. The van der Waals surface area contributed by atoms with E-state index in [4.69, 9.17) is 9.84 Å². The molecule has 0 unspecified atom stereocenters. The Morgan fingerprint density at radius 1 is 1.00 bits per heavy atom. The summed E-state index contributed by atoms with van der Waals surface area (Å²) < 4.78 is 61.0. The summed E-state index contributed by atoms with van der Waals surface area (Å²) in [6, 6.07) is 15.9. The molecule has 0 spiro atoms. The minimum atomic E-state index is -4.51. The molecule has 3 aromatic carbocycles. The number of hydrogen-bond donors (Lipinski definition) is 1. The molecule has 0 saturated heterocycles. The number of carboxylic acids is 1. The molecular weight excluding hydrogens is 530 g/mol. The quantitative estimate of drug-likeness (QED) is 0.250. The number of nitrogens with zero attached hydrogens (tertiary/aromatic N) is 3. The van der Waals surface area contributed by atoms with Crippen LogP contribution < -0.4 is 10.4 Å². The fourth-order valence-electron chi connectivity index (χ4n) is 4.36. The van der Waals surface area contributed by atoms with E-state index in [0.29, 0.717) is 36.4 Å². The van der Waals surface area contributed by atoms with E-state index in [-0.39, 0.29) is 18.7 Å². The molecular formula is C29H27F4N3O4. The summed E-state index contributed by atoms with van der Waals surface area (Å²) >= 11 is 0. The van der Waals surface area contributed by atoms with Gasteiger partial charge in [0.2, 0.25) is 0 Å². The largest absolute Gasteiger partial charge is 0.482 e. The summed E-state index contributed by atoms with van der Waals surface area (Å²) in [6.45, 7) is 1.52. The Bertz CT molecular complexity index is 1540. The minimum absolute atomic E-state index is 0.143. The van der Waals surface area contributed by atoms with Gasteiger partial charge in [0.15, 0.2) is 6.61 Å². The molecule has 0 bridgehead atoms. The van der Waals surface area contributed by atoms with E-state index >= 15 is 0 Å². The maximum atomic E-state index is 14.2. The number of benzene rings is 3. The first-order valence-electron chi connectivity index (χ1n) is 12.6. The van der Waals surface area contributed by atoms with Crippen molar-refractivity contribution in [3.8, 4) is 11.4 Å². The average Bonchev–Trinajstić information content (AvgIpc) is 3.22. The second-order valence-electron chi connectivity index (χ2n) is 9.28. The molecule has 210 valence electrons. The first kappa shape index (κ1) is 28.6. The van der Waals surface area contributed by atoms with E-state index in [1.54, 1.807) is 24.3 Å². The van der Waals surface area contributed by atoms with Crippen LogP contribution in [-0.2, 0) is 36.8 Å². The highest BCUT2D eigenvalue weighted by Gasteiger charge is 2.30. The van der Waals surface area contributed by atoms with Crippen molar-refractivity contribution in [2.45, 2.75) is 45.3 Å². The summed E-state index contributed by atoms with van der Waals surface area (Å²) in [5.74, 6) is -0.554. The molecule has 1 N–H and O–H groups in total. The van der Waals surface area contributed by atoms with Crippen molar-refractivity contribution >= 4 is 5.97 Å². The molecule has 40 heavy (non-hydrogen) atoms. The monoisotopic (exact) mass is 557 g/mol. The third-order valence-corrected chi connectivity index (χ3v) is 6.40. The van der Waals surface area contributed by atoms with Crippen molar-refractivity contribution in [3.05, 3.63) is 111 Å². The Morgan fingerprint density at radius 2 is 1.73 bits per heavy atom. The number of aryl methyl sites for hydroxylation is 4. The Balaban J connectivity index is 1.54. The average molecular weight is 558 g/mol. The first-order chi connectivity index (χ1) is 19.0. The van der Waals surface area contributed by atoms with E-state index < -0.39 is 35.8 Å². The van der Waals surface area contributed by atoms with Crippen LogP contribution in [0.1, 0.15) is 34.5 Å². The lowest BCUT2D eigenvalue weighted by Gasteiger charge is -2.10. The van der Waals surface area contributed by atoms with E-state index in [9.17, 15) is 27.2 Å². The van der Waals surface area contributed by atoms with Crippen LogP contribution in [-0.4, -0.2) is 32.0 Å². The number of aliphatic carboxylic acids is 1. The van der Waals surface area contributed by atoms with Crippen LogP contribution in [0, 0.1) is 12.7 Å². The van der Waals surface area contributed by atoms with E-state index in [2.05, 4.69) is 5.10 Å². The molecule has 1 aromatic heterocycles. The molecule has 0 saturated carbocycles. The van der Waals surface area contributed by atoms with Gasteiger partial charge in [-0.05, 0) is 79.3 Å². The van der Waals surface area contributed by atoms with Gasteiger partial charge in [-0.3, -0.25) is 4.57 Å². The Labute approximate surface area is 227 Å². The lowest BCUT2D eigenvalue weighted by atomic mass is 10.0. The standard InChI is InChI=1S/C29H27F4N3O4/c1-19-17-20(9-14-25(19)40-18-27(37)38)5-4-8-26-34-36(23-12-10-22(11-13-23)29(31,32)33)28(39)35(26)16-15-21-6-2-3-7-24(21)30/h2-3,6-7,9-14,17H,4-5,8,15-16,18H2,1H3,(H,37,38). The van der Waals surface area contributed by atoms with E-state index in [0.717, 1.165) is 27.9 Å². The molecule has 7 nitrogen and oxygen atoms in total. The topological polar surface area (TPSA) is 86.4 Å². The van der Waals surface area contributed by atoms with Crippen molar-refractivity contribution in [1.29, 1.82) is 0 Å². The number of rotatable bonds is 11. The number of hydrogen-bond acceptors (Lipinski definition) is 4. The van der Waals surface area contributed by atoms with Gasteiger partial charge in [0.1, 0.15) is 17.4 Å². The van der Waals surface area contributed by atoms with E-state index in [1.807, 2.05) is 19.1 Å². The van der Waals surface area contributed by atoms with Gasteiger partial charge in [0.05, 0.1) is 11.3 Å². The number of ether oxygens (including phenoxy) is 1. The smallest absolute Gasteiger partial charge is 0.416 e. The molecule has 11 heteroatoms. The Morgan fingerprint density at radius 3 is 2.38 bits per heavy atom. The fraction of sp³-hybridized carbons (Fsp3) is 0.276. The van der Waals surface area contributed by atoms with Gasteiger partial charge >= 0.3 is 17.8 Å². The predicted octanol–water partition coefficient (Wildman–Crippen LogP) is 5.38. The molecule has 0 aliphatic rings. The van der Waals surface area contributed by atoms with Crippen LogP contribution in [0.4, 0.5) is 17.6 Å². The molecule has 0 aliphatic carbocycles. The molecule has 0 fully saturated rings. The first-order valence-corrected chi connectivity index (χ1v) is 12.6. The summed E-state index contributed by atoms with van der Waals surface area (Å²) in [7, 11) is 0. The maximum Gasteiger partial charge on any atom is 0.416 e. The number of aromatic nitrogens is 3. The lowest BCUT2D eigenvalue weighted by molar-refractivity contribution is -0.139. The molecule has 0 radical (unpaired) electrons. The van der Waals surface area contributed by atoms with Crippen LogP contribution in [0.25, 0.3) is 5.69 Å². The third kappa shape index (κ3) is 6.96. The van der Waals surface area contributed by atoms with Crippen molar-refractivity contribution in [2.24, 2.45) is 0 Å². The van der Waals surface area contributed by atoms with E-state index in [1.165, 1.54) is 22.8 Å². The van der Waals surface area contributed by atoms with Crippen molar-refractivity contribution in [2.75, 3.05) is 6.61 Å². The number of carbonyl (C=O) groups is 1. The van der Waals surface area contributed by atoms with Crippen molar-refractivity contribution in [3.63, 3.8) is 0 Å². The normalized spacial score (nSPS) is 11.5. The van der Waals surface area contributed by atoms with Crippen LogP contribution in [0.5, 0.6) is 5.75 Å². The van der Waals surface area contributed by atoms with Crippen LogP contribution >= 0.6 is 0 Å². The van der Waals surface area contributed by atoms with Crippen molar-refractivity contribution < 1.29 is 32.2 Å². The van der Waals surface area contributed by atoms with Gasteiger partial charge in [0, 0.05) is 13.0 Å². The second kappa shape index (κ2) is 12.2. The number of halogens is 4. The molecule has 4 rings (SSSR count). The van der Waals surface area contributed by atoms with Gasteiger partial charge in [-0.25, -0.2) is 14.0 Å². The van der Waals surface area contributed by atoms with Crippen molar-refractivity contribution in [1.82, 2.24) is 14.3 Å². The molecule has 0 atom stereocenters. The maximum absolute atomic E-state index is 14.2. The third-order valence-electron chi connectivity index (χ3n) is 6.40. The fourth-order valence-corrected chi connectivity index (χ4v) is 4.36. The predicted molar refractivity (Wildman–Crippen MR) is 139 cm³/mol. The summed E-state index contributed by atoms with van der Waals surface area (Å²) in [5.41, 5.74) is 1.02. The summed E-state index contributed by atoms with van der Waals surface area (Å²) in [5, 5.41) is 13.2. The van der Waals surface area contributed by atoms with Gasteiger partial charge in [-0.15, -0.1) is 5.10 Å².